The van der Waals surface area contributed by atoms with Crippen molar-refractivity contribution in [1.29, 1.82) is 0 Å². The molecule has 134 valence electrons. The molecule has 1 heterocycles. The summed E-state index contributed by atoms with van der Waals surface area (Å²) >= 11 is 0. The van der Waals surface area contributed by atoms with Gasteiger partial charge in [-0.05, 0) is 23.3 Å². The highest BCUT2D eigenvalue weighted by Crippen LogP contribution is 2.18. The van der Waals surface area contributed by atoms with E-state index in [0.717, 1.165) is 16.9 Å². The fraction of sp³-hybridized carbons (Fsp3) is 0.211. The molecule has 26 heavy (non-hydrogen) atoms. The quantitative estimate of drug-likeness (QED) is 0.678. The van der Waals surface area contributed by atoms with Crippen LogP contribution in [0.15, 0.2) is 60.9 Å². The molecule has 7 heteroatoms. The Morgan fingerprint density at radius 1 is 1.19 bits per heavy atom. The fourth-order valence-corrected chi connectivity index (χ4v) is 2.45. The third-order valence-electron chi connectivity index (χ3n) is 3.90. The number of rotatable bonds is 7. The molecule has 0 fully saturated rings. The summed E-state index contributed by atoms with van der Waals surface area (Å²) in [5.41, 5.74) is 1.73. The van der Waals surface area contributed by atoms with Gasteiger partial charge < -0.3 is 15.2 Å². The SMILES string of the molecule is COc1ccc([C@H](O)Cn2cnc(C(=O)NCc3ccccc3)n2)cc1. The molecule has 0 saturated heterocycles. The van der Waals surface area contributed by atoms with Gasteiger partial charge in [-0.2, -0.15) is 0 Å². The van der Waals surface area contributed by atoms with E-state index in [1.165, 1.54) is 11.0 Å². The third kappa shape index (κ3) is 4.46. The highest BCUT2D eigenvalue weighted by atomic mass is 16.5. The lowest BCUT2D eigenvalue weighted by atomic mass is 10.1. The average Bonchev–Trinajstić information content (AvgIpc) is 3.15. The Bertz CT molecular complexity index is 847. The van der Waals surface area contributed by atoms with E-state index in [2.05, 4.69) is 15.4 Å². The molecule has 0 unspecified atom stereocenters. The lowest BCUT2D eigenvalue weighted by Crippen LogP contribution is -2.24. The second kappa shape index (κ2) is 8.26. The molecule has 2 aromatic carbocycles. The zero-order valence-electron chi connectivity index (χ0n) is 14.4. The summed E-state index contributed by atoms with van der Waals surface area (Å²) in [6.45, 7) is 0.605. The van der Waals surface area contributed by atoms with Crippen molar-refractivity contribution in [2.75, 3.05) is 7.11 Å². The first-order valence-corrected chi connectivity index (χ1v) is 8.19. The molecule has 3 rings (SSSR count). The number of ether oxygens (including phenoxy) is 1. The zero-order chi connectivity index (χ0) is 18.4. The summed E-state index contributed by atoms with van der Waals surface area (Å²) in [5.74, 6) is 0.438. The van der Waals surface area contributed by atoms with Crippen molar-refractivity contribution in [3.8, 4) is 5.75 Å². The van der Waals surface area contributed by atoms with Crippen LogP contribution in [-0.4, -0.2) is 32.9 Å². The van der Waals surface area contributed by atoms with Crippen LogP contribution in [0.4, 0.5) is 0 Å². The molecule has 1 amide bonds. The summed E-state index contributed by atoms with van der Waals surface area (Å²) in [7, 11) is 1.59. The number of hydrogen-bond donors (Lipinski definition) is 2. The Hall–Kier alpha value is -3.19. The number of aliphatic hydroxyl groups is 1. The summed E-state index contributed by atoms with van der Waals surface area (Å²) < 4.78 is 6.55. The summed E-state index contributed by atoms with van der Waals surface area (Å²) in [4.78, 5) is 16.1. The number of hydrogen-bond acceptors (Lipinski definition) is 5. The van der Waals surface area contributed by atoms with E-state index in [4.69, 9.17) is 4.74 Å². The largest absolute Gasteiger partial charge is 0.497 e. The van der Waals surface area contributed by atoms with E-state index < -0.39 is 6.10 Å². The van der Waals surface area contributed by atoms with Gasteiger partial charge in [-0.25, -0.2) is 9.67 Å². The van der Waals surface area contributed by atoms with Crippen molar-refractivity contribution in [2.45, 2.75) is 19.2 Å². The number of nitrogens with zero attached hydrogens (tertiary/aromatic N) is 3. The lowest BCUT2D eigenvalue weighted by molar-refractivity contribution is 0.0938. The minimum absolute atomic E-state index is 0.0721. The topological polar surface area (TPSA) is 89.3 Å². The first kappa shape index (κ1) is 17.6. The van der Waals surface area contributed by atoms with Gasteiger partial charge in [0.1, 0.15) is 12.1 Å². The van der Waals surface area contributed by atoms with Gasteiger partial charge in [0.15, 0.2) is 0 Å². The molecule has 0 radical (unpaired) electrons. The van der Waals surface area contributed by atoms with Crippen LogP contribution in [0.2, 0.25) is 0 Å². The van der Waals surface area contributed by atoms with E-state index in [1.807, 2.05) is 30.3 Å². The van der Waals surface area contributed by atoms with Crippen molar-refractivity contribution >= 4 is 5.91 Å². The van der Waals surface area contributed by atoms with Gasteiger partial charge >= 0.3 is 0 Å². The molecular weight excluding hydrogens is 332 g/mol. The van der Waals surface area contributed by atoms with Gasteiger partial charge in [0, 0.05) is 6.54 Å². The maximum atomic E-state index is 12.1. The number of aromatic nitrogens is 3. The van der Waals surface area contributed by atoms with Crippen molar-refractivity contribution in [3.05, 3.63) is 77.9 Å². The normalized spacial score (nSPS) is 11.8. The maximum Gasteiger partial charge on any atom is 0.291 e. The molecule has 1 atom stereocenters. The van der Waals surface area contributed by atoms with Crippen LogP contribution in [-0.2, 0) is 13.1 Å². The van der Waals surface area contributed by atoms with Crippen LogP contribution < -0.4 is 10.1 Å². The van der Waals surface area contributed by atoms with Crippen LogP contribution in [0.1, 0.15) is 27.8 Å². The molecule has 0 bridgehead atoms. The summed E-state index contributed by atoms with van der Waals surface area (Å²) in [5, 5.41) is 17.2. The first-order valence-electron chi connectivity index (χ1n) is 8.19. The predicted molar refractivity (Wildman–Crippen MR) is 95.6 cm³/mol. The number of amides is 1. The Morgan fingerprint density at radius 3 is 2.62 bits per heavy atom. The van der Waals surface area contributed by atoms with Gasteiger partial charge in [-0.3, -0.25) is 4.79 Å². The van der Waals surface area contributed by atoms with Crippen LogP contribution in [0, 0.1) is 0 Å². The smallest absolute Gasteiger partial charge is 0.291 e. The molecule has 1 aromatic heterocycles. The monoisotopic (exact) mass is 352 g/mol. The van der Waals surface area contributed by atoms with Gasteiger partial charge in [0.25, 0.3) is 5.91 Å². The van der Waals surface area contributed by atoms with E-state index in [9.17, 15) is 9.90 Å². The minimum Gasteiger partial charge on any atom is -0.497 e. The van der Waals surface area contributed by atoms with E-state index >= 15 is 0 Å². The molecular formula is C19H20N4O3. The van der Waals surface area contributed by atoms with Crippen molar-refractivity contribution in [1.82, 2.24) is 20.1 Å². The van der Waals surface area contributed by atoms with Crippen LogP contribution in [0.5, 0.6) is 5.75 Å². The third-order valence-corrected chi connectivity index (χ3v) is 3.90. The molecule has 2 N–H and O–H groups in total. The molecule has 3 aromatic rings. The predicted octanol–water partition coefficient (Wildman–Crippen LogP) is 1.95. The Labute approximate surface area is 151 Å². The molecule has 0 aliphatic heterocycles. The van der Waals surface area contributed by atoms with Gasteiger partial charge in [0.05, 0.1) is 19.8 Å². The van der Waals surface area contributed by atoms with Crippen LogP contribution in [0.3, 0.4) is 0 Å². The molecule has 0 aliphatic carbocycles. The van der Waals surface area contributed by atoms with Gasteiger partial charge in [-0.15, -0.1) is 5.10 Å². The molecule has 0 saturated carbocycles. The van der Waals surface area contributed by atoms with Crippen molar-refractivity contribution < 1.29 is 14.6 Å². The summed E-state index contributed by atoms with van der Waals surface area (Å²) in [6, 6.07) is 16.7. The number of benzene rings is 2. The lowest BCUT2D eigenvalue weighted by Gasteiger charge is -2.11. The molecule has 0 spiro atoms. The number of carbonyl (C=O) groups is 1. The second-order valence-corrected chi connectivity index (χ2v) is 5.75. The van der Waals surface area contributed by atoms with Crippen LogP contribution >= 0.6 is 0 Å². The highest BCUT2D eigenvalue weighted by Gasteiger charge is 2.14. The van der Waals surface area contributed by atoms with Gasteiger partial charge in [-0.1, -0.05) is 42.5 Å². The van der Waals surface area contributed by atoms with Crippen molar-refractivity contribution in [2.24, 2.45) is 0 Å². The van der Waals surface area contributed by atoms with Crippen molar-refractivity contribution in [3.63, 3.8) is 0 Å². The summed E-state index contributed by atoms with van der Waals surface area (Å²) in [6.07, 6.45) is 0.673. The average molecular weight is 352 g/mol. The van der Waals surface area contributed by atoms with E-state index in [1.54, 1.807) is 31.4 Å². The number of methoxy groups -OCH3 is 1. The first-order chi connectivity index (χ1) is 12.7. The fourth-order valence-electron chi connectivity index (χ4n) is 2.45. The second-order valence-electron chi connectivity index (χ2n) is 5.75. The maximum absolute atomic E-state index is 12.1. The van der Waals surface area contributed by atoms with Crippen LogP contribution in [0.25, 0.3) is 0 Å². The van der Waals surface area contributed by atoms with Gasteiger partial charge in [0.2, 0.25) is 5.82 Å². The Morgan fingerprint density at radius 2 is 1.92 bits per heavy atom. The standard InChI is InChI=1S/C19H20N4O3/c1-26-16-9-7-15(8-10-16)17(24)12-23-13-21-18(22-23)19(25)20-11-14-5-3-2-4-6-14/h2-10,13,17,24H,11-12H2,1H3,(H,20,25)/t17-/m1/s1. The minimum atomic E-state index is -0.761. The van der Waals surface area contributed by atoms with E-state index in [-0.39, 0.29) is 18.3 Å². The number of aliphatic hydroxyl groups excluding tert-OH is 1. The number of carbonyl (C=O) groups excluding carboxylic acids is 1. The highest BCUT2D eigenvalue weighted by molar-refractivity contribution is 5.90. The number of nitrogens with one attached hydrogen (secondary N) is 1. The molecule has 0 aliphatic rings. The Kier molecular flexibility index (Phi) is 5.60. The zero-order valence-corrected chi connectivity index (χ0v) is 14.4. The molecule has 7 nitrogen and oxygen atoms in total. The Balaban J connectivity index is 1.57. The van der Waals surface area contributed by atoms with E-state index in [0.29, 0.717) is 6.54 Å².